The number of pyridine rings is 2. The number of anilines is 1. The van der Waals surface area contributed by atoms with Crippen molar-refractivity contribution in [2.75, 3.05) is 5.32 Å². The molecule has 7 nitrogen and oxygen atoms in total. The lowest BCUT2D eigenvalue weighted by Gasteiger charge is -2.09. The van der Waals surface area contributed by atoms with Gasteiger partial charge in [-0.2, -0.15) is 13.2 Å². The summed E-state index contributed by atoms with van der Waals surface area (Å²) in [5.41, 5.74) is 2.07. The second kappa shape index (κ2) is 9.77. The van der Waals surface area contributed by atoms with Crippen molar-refractivity contribution in [2.45, 2.75) is 6.18 Å². The van der Waals surface area contributed by atoms with Crippen LogP contribution in [0.2, 0.25) is 0 Å². The van der Waals surface area contributed by atoms with Gasteiger partial charge in [0.2, 0.25) is 0 Å². The number of carbonyl (C=O) groups is 2. The Kier molecular flexibility index (Phi) is 6.87. The molecule has 0 unspecified atom stereocenters. The number of benzene rings is 2. The largest absolute Gasteiger partial charge is 0.490 e. The Morgan fingerprint density at radius 3 is 2.24 bits per heavy atom. The van der Waals surface area contributed by atoms with Gasteiger partial charge in [0, 0.05) is 29.7 Å². The molecule has 0 spiro atoms. The van der Waals surface area contributed by atoms with Gasteiger partial charge in [-0.1, -0.05) is 36.4 Å². The van der Waals surface area contributed by atoms with E-state index in [-0.39, 0.29) is 17.2 Å². The van der Waals surface area contributed by atoms with Crippen molar-refractivity contribution in [3.63, 3.8) is 0 Å². The maximum absolute atomic E-state index is 12.8. The molecule has 0 saturated carbocycles. The van der Waals surface area contributed by atoms with E-state index in [0.29, 0.717) is 5.56 Å². The number of amides is 1. The summed E-state index contributed by atoms with van der Waals surface area (Å²) in [6.07, 6.45) is -0.116. The number of alkyl halides is 3. The Hall–Kier alpha value is -4.47. The number of nitrogens with zero attached hydrogens (tertiary/aromatic N) is 1. The third-order valence-corrected chi connectivity index (χ3v) is 4.44. The van der Waals surface area contributed by atoms with Gasteiger partial charge in [-0.3, -0.25) is 14.6 Å². The summed E-state index contributed by atoms with van der Waals surface area (Å²) in [5, 5.41) is 11.7. The van der Waals surface area contributed by atoms with Crippen molar-refractivity contribution in [1.29, 1.82) is 0 Å². The lowest BCUT2D eigenvalue weighted by molar-refractivity contribution is -0.192. The molecule has 4 aromatic rings. The Labute approximate surface area is 184 Å². The lowest BCUT2D eigenvalue weighted by Crippen LogP contribution is -2.21. The highest BCUT2D eigenvalue weighted by Gasteiger charge is 2.38. The Bertz CT molecular complexity index is 1350. The first kappa shape index (κ1) is 23.2. The number of H-pyrrole nitrogens is 1. The molecule has 2 heterocycles. The number of fused-ring (bicyclic) bond motifs is 1. The number of aromatic amines is 1. The Morgan fingerprint density at radius 1 is 0.939 bits per heavy atom. The minimum Gasteiger partial charge on any atom is -0.475 e. The van der Waals surface area contributed by atoms with E-state index in [1.165, 1.54) is 0 Å². The van der Waals surface area contributed by atoms with Crippen LogP contribution in [0.4, 0.5) is 18.9 Å². The Morgan fingerprint density at radius 2 is 1.58 bits per heavy atom. The third kappa shape index (κ3) is 5.82. The van der Waals surface area contributed by atoms with Crippen LogP contribution in [0.3, 0.4) is 0 Å². The molecule has 168 valence electrons. The van der Waals surface area contributed by atoms with E-state index in [1.54, 1.807) is 30.7 Å². The van der Waals surface area contributed by atoms with Crippen molar-refractivity contribution in [1.82, 2.24) is 9.97 Å². The van der Waals surface area contributed by atoms with Crippen LogP contribution in [0.15, 0.2) is 84.0 Å². The predicted molar refractivity (Wildman–Crippen MR) is 116 cm³/mol. The number of carboxylic acids is 1. The van der Waals surface area contributed by atoms with Gasteiger partial charge < -0.3 is 15.4 Å². The number of aliphatic carboxylic acids is 1. The maximum Gasteiger partial charge on any atom is 0.490 e. The molecule has 0 fully saturated rings. The van der Waals surface area contributed by atoms with Gasteiger partial charge in [0.05, 0.1) is 0 Å². The summed E-state index contributed by atoms with van der Waals surface area (Å²) in [6.45, 7) is 0. The first-order valence-corrected chi connectivity index (χ1v) is 9.39. The Balaban J connectivity index is 0.000000383. The summed E-state index contributed by atoms with van der Waals surface area (Å²) in [4.78, 5) is 40.5. The monoisotopic (exact) mass is 455 g/mol. The van der Waals surface area contributed by atoms with E-state index >= 15 is 0 Å². The smallest absolute Gasteiger partial charge is 0.475 e. The van der Waals surface area contributed by atoms with Crippen LogP contribution in [-0.2, 0) is 4.79 Å². The number of carbonyl (C=O) groups excluding carboxylic acids is 1. The molecule has 33 heavy (non-hydrogen) atoms. The molecule has 1 amide bonds. The fourth-order valence-electron chi connectivity index (χ4n) is 2.90. The average molecular weight is 455 g/mol. The molecule has 0 atom stereocenters. The molecule has 4 rings (SSSR count). The number of aromatic nitrogens is 2. The lowest BCUT2D eigenvalue weighted by atomic mass is 10.0. The van der Waals surface area contributed by atoms with Crippen LogP contribution < -0.4 is 10.9 Å². The zero-order chi connectivity index (χ0) is 24.0. The van der Waals surface area contributed by atoms with Crippen LogP contribution in [0.25, 0.3) is 21.9 Å². The molecule has 0 aliphatic rings. The third-order valence-electron chi connectivity index (χ3n) is 4.44. The second-order valence-electron chi connectivity index (χ2n) is 6.65. The van der Waals surface area contributed by atoms with Gasteiger partial charge in [-0.15, -0.1) is 0 Å². The number of hydrogen-bond donors (Lipinski definition) is 3. The van der Waals surface area contributed by atoms with Crippen molar-refractivity contribution >= 4 is 28.3 Å². The molecule has 2 aromatic heterocycles. The minimum atomic E-state index is -5.08. The van der Waals surface area contributed by atoms with E-state index < -0.39 is 12.1 Å². The highest BCUT2D eigenvalue weighted by atomic mass is 19.4. The summed E-state index contributed by atoms with van der Waals surface area (Å²) in [5.74, 6) is -3.08. The van der Waals surface area contributed by atoms with Gasteiger partial charge in [0.25, 0.3) is 11.5 Å². The van der Waals surface area contributed by atoms with Gasteiger partial charge in [0.15, 0.2) is 0 Å². The topological polar surface area (TPSA) is 112 Å². The summed E-state index contributed by atoms with van der Waals surface area (Å²) >= 11 is 0. The average Bonchev–Trinajstić information content (AvgIpc) is 2.80. The van der Waals surface area contributed by atoms with Crippen molar-refractivity contribution in [3.05, 3.63) is 95.2 Å². The number of carboxylic acid groups (broad SMARTS) is 1. The van der Waals surface area contributed by atoms with Gasteiger partial charge in [-0.05, 0) is 40.6 Å². The van der Waals surface area contributed by atoms with E-state index in [0.717, 1.165) is 21.9 Å². The van der Waals surface area contributed by atoms with Crippen LogP contribution in [0, 0.1) is 0 Å². The fraction of sp³-hybridized carbons (Fsp3) is 0.0435. The van der Waals surface area contributed by atoms with E-state index in [1.807, 2.05) is 48.5 Å². The molecule has 10 heteroatoms. The van der Waals surface area contributed by atoms with E-state index in [2.05, 4.69) is 15.3 Å². The molecule has 0 aliphatic heterocycles. The fourth-order valence-corrected chi connectivity index (χ4v) is 2.90. The van der Waals surface area contributed by atoms with Crippen LogP contribution in [0.5, 0.6) is 0 Å². The zero-order valence-electron chi connectivity index (χ0n) is 16.8. The van der Waals surface area contributed by atoms with Gasteiger partial charge in [0.1, 0.15) is 5.69 Å². The van der Waals surface area contributed by atoms with Crippen LogP contribution >= 0.6 is 0 Å². The first-order chi connectivity index (χ1) is 15.7. The molecule has 3 N–H and O–H groups in total. The maximum atomic E-state index is 12.8. The second-order valence-corrected chi connectivity index (χ2v) is 6.65. The normalized spacial score (nSPS) is 10.8. The molecular formula is C23H16F3N3O4. The number of rotatable bonds is 3. The summed E-state index contributed by atoms with van der Waals surface area (Å²) in [7, 11) is 0. The molecule has 0 bridgehead atoms. The predicted octanol–water partition coefficient (Wildman–Crippen LogP) is 4.48. The van der Waals surface area contributed by atoms with Crippen LogP contribution in [0.1, 0.15) is 10.4 Å². The molecular weight excluding hydrogens is 439 g/mol. The molecule has 0 aliphatic carbocycles. The minimum absolute atomic E-state index is 0.206. The van der Waals surface area contributed by atoms with Crippen molar-refractivity contribution in [2.24, 2.45) is 0 Å². The molecule has 2 aromatic carbocycles. The quantitative estimate of drug-likeness (QED) is 0.422. The standard InChI is InChI=1S/C21H15N3O2.C2HF3O2/c25-20(18-7-3-5-15-4-1-2-6-17(15)18)24-19-12-16(13-23-21(19)26)14-8-10-22-11-9-14;3-2(4,5)1(6)7/h1-13H,(H,23,26)(H,24,25);(H,6,7). The molecule has 0 saturated heterocycles. The van der Waals surface area contributed by atoms with E-state index in [4.69, 9.17) is 9.90 Å². The highest BCUT2D eigenvalue weighted by Crippen LogP contribution is 2.21. The summed E-state index contributed by atoms with van der Waals surface area (Å²) in [6, 6.07) is 18.5. The number of hydrogen-bond acceptors (Lipinski definition) is 4. The number of halogens is 3. The van der Waals surface area contributed by atoms with E-state index in [9.17, 15) is 22.8 Å². The van der Waals surface area contributed by atoms with Crippen molar-refractivity contribution < 1.29 is 27.9 Å². The zero-order valence-corrected chi connectivity index (χ0v) is 16.8. The highest BCUT2D eigenvalue weighted by molar-refractivity contribution is 6.13. The first-order valence-electron chi connectivity index (χ1n) is 9.39. The van der Waals surface area contributed by atoms with Gasteiger partial charge in [-0.25, -0.2) is 4.79 Å². The van der Waals surface area contributed by atoms with Crippen molar-refractivity contribution in [3.8, 4) is 11.1 Å². The molecule has 0 radical (unpaired) electrons. The summed E-state index contributed by atoms with van der Waals surface area (Å²) < 4.78 is 31.7. The van der Waals surface area contributed by atoms with Gasteiger partial charge >= 0.3 is 12.1 Å². The van der Waals surface area contributed by atoms with Crippen LogP contribution in [-0.4, -0.2) is 33.1 Å². The SMILES string of the molecule is O=C(Nc1cc(-c2ccncc2)c[nH]c1=O)c1cccc2ccccc12.O=C(O)C(F)(F)F. The number of nitrogens with one attached hydrogen (secondary N) is 2.